The summed E-state index contributed by atoms with van der Waals surface area (Å²) < 4.78 is 32.8. The van der Waals surface area contributed by atoms with Crippen LogP contribution in [0.15, 0.2) is 53.4 Å². The maximum Gasteiger partial charge on any atom is 0.409 e. The summed E-state index contributed by atoms with van der Waals surface area (Å²) in [6, 6.07) is 13.6. The zero-order valence-electron chi connectivity index (χ0n) is 21.5. The standard InChI is InChI=1S/C27H28N4O6S2/c1-28-25(33)23-21-12-13-30(27(34)37-2)16-22(21)38-26(23)29-24(32)18-7-9-20(10-8-18)39(35,36)31-14-11-17-5-3-4-6-19(17)15-31/h3-10H,11-16H2,1-2H3,(H,28,33)(H,29,32). The number of amides is 3. The van der Waals surface area contributed by atoms with Gasteiger partial charge in [-0.2, -0.15) is 4.31 Å². The van der Waals surface area contributed by atoms with E-state index in [9.17, 15) is 22.8 Å². The van der Waals surface area contributed by atoms with E-state index < -0.39 is 22.0 Å². The summed E-state index contributed by atoms with van der Waals surface area (Å²) in [5.41, 5.74) is 3.56. The molecule has 10 nitrogen and oxygen atoms in total. The van der Waals surface area contributed by atoms with Crippen LogP contribution in [0.3, 0.4) is 0 Å². The van der Waals surface area contributed by atoms with E-state index in [2.05, 4.69) is 10.6 Å². The Kier molecular flexibility index (Phi) is 7.43. The quantitative estimate of drug-likeness (QED) is 0.487. The predicted molar refractivity (Wildman–Crippen MR) is 146 cm³/mol. The largest absolute Gasteiger partial charge is 0.453 e. The van der Waals surface area contributed by atoms with E-state index in [1.165, 1.54) is 59.0 Å². The molecule has 2 aromatic carbocycles. The highest BCUT2D eigenvalue weighted by molar-refractivity contribution is 7.89. The predicted octanol–water partition coefficient (Wildman–Crippen LogP) is 3.23. The molecule has 0 saturated heterocycles. The summed E-state index contributed by atoms with van der Waals surface area (Å²) in [7, 11) is -0.905. The fourth-order valence-electron chi connectivity index (χ4n) is 4.92. The van der Waals surface area contributed by atoms with Gasteiger partial charge in [-0.3, -0.25) is 9.59 Å². The fraction of sp³-hybridized carbons (Fsp3) is 0.296. The molecular formula is C27H28N4O6S2. The van der Waals surface area contributed by atoms with Crippen LogP contribution in [0.5, 0.6) is 0 Å². The number of hydrogen-bond acceptors (Lipinski definition) is 7. The number of nitrogens with zero attached hydrogens (tertiary/aromatic N) is 2. The second kappa shape index (κ2) is 10.8. The van der Waals surface area contributed by atoms with Crippen molar-refractivity contribution in [1.82, 2.24) is 14.5 Å². The van der Waals surface area contributed by atoms with Gasteiger partial charge in [-0.05, 0) is 53.8 Å². The monoisotopic (exact) mass is 568 g/mol. The first kappa shape index (κ1) is 26.9. The average molecular weight is 569 g/mol. The molecule has 3 heterocycles. The van der Waals surface area contributed by atoms with Crippen molar-refractivity contribution in [1.29, 1.82) is 0 Å². The summed E-state index contributed by atoms with van der Waals surface area (Å²) >= 11 is 1.24. The molecule has 2 N–H and O–H groups in total. The van der Waals surface area contributed by atoms with Crippen LogP contribution in [-0.2, 0) is 40.7 Å². The van der Waals surface area contributed by atoms with E-state index in [4.69, 9.17) is 4.74 Å². The lowest BCUT2D eigenvalue weighted by Gasteiger charge is -2.28. The molecule has 0 saturated carbocycles. The van der Waals surface area contributed by atoms with Crippen LogP contribution in [-0.4, -0.2) is 62.8 Å². The number of fused-ring (bicyclic) bond motifs is 2. The molecule has 0 aliphatic carbocycles. The summed E-state index contributed by atoms with van der Waals surface area (Å²) in [6.45, 7) is 1.37. The molecule has 0 unspecified atom stereocenters. The summed E-state index contributed by atoms with van der Waals surface area (Å²) in [5, 5.41) is 5.81. The minimum atomic E-state index is -3.74. The van der Waals surface area contributed by atoms with Gasteiger partial charge in [0, 0.05) is 37.1 Å². The van der Waals surface area contributed by atoms with Crippen LogP contribution in [0, 0.1) is 0 Å². The molecule has 0 fully saturated rings. The van der Waals surface area contributed by atoms with Gasteiger partial charge in [0.25, 0.3) is 11.8 Å². The van der Waals surface area contributed by atoms with Crippen molar-refractivity contribution in [3.8, 4) is 0 Å². The van der Waals surface area contributed by atoms with Crippen LogP contribution in [0.2, 0.25) is 0 Å². The Morgan fingerprint density at radius 1 is 0.923 bits per heavy atom. The third kappa shape index (κ3) is 5.14. The smallest absolute Gasteiger partial charge is 0.409 e. The van der Waals surface area contributed by atoms with Gasteiger partial charge >= 0.3 is 6.09 Å². The summed E-state index contributed by atoms with van der Waals surface area (Å²) in [4.78, 5) is 40.3. The lowest BCUT2D eigenvalue weighted by Crippen LogP contribution is -2.36. The molecule has 204 valence electrons. The first-order chi connectivity index (χ1) is 18.7. The average Bonchev–Trinajstić information content (AvgIpc) is 3.32. The SMILES string of the molecule is CNC(=O)c1c(NC(=O)c2ccc(S(=O)(=O)N3CCc4ccccc4C3)cc2)sc2c1CCN(C(=O)OC)C2. The topological polar surface area (TPSA) is 125 Å². The first-order valence-corrected chi connectivity index (χ1v) is 14.7. The van der Waals surface area contributed by atoms with Gasteiger partial charge in [-0.25, -0.2) is 13.2 Å². The van der Waals surface area contributed by atoms with Crippen molar-refractivity contribution < 1.29 is 27.5 Å². The maximum atomic E-state index is 13.3. The number of rotatable bonds is 5. The molecule has 3 aromatic rings. The van der Waals surface area contributed by atoms with E-state index in [0.29, 0.717) is 43.0 Å². The number of ether oxygens (including phenoxy) is 1. The fourth-order valence-corrected chi connectivity index (χ4v) is 7.59. The maximum absolute atomic E-state index is 13.3. The molecule has 2 aliphatic rings. The highest BCUT2D eigenvalue weighted by Gasteiger charge is 2.31. The Bertz CT molecular complexity index is 1550. The number of carbonyl (C=O) groups excluding carboxylic acids is 3. The summed E-state index contributed by atoms with van der Waals surface area (Å²) in [6.07, 6.45) is 0.642. The van der Waals surface area contributed by atoms with Gasteiger partial charge in [-0.1, -0.05) is 24.3 Å². The van der Waals surface area contributed by atoms with Crippen molar-refractivity contribution in [3.63, 3.8) is 0 Å². The minimum Gasteiger partial charge on any atom is -0.453 e. The van der Waals surface area contributed by atoms with Gasteiger partial charge in [0.1, 0.15) is 5.00 Å². The van der Waals surface area contributed by atoms with E-state index in [1.54, 1.807) is 0 Å². The Morgan fingerprint density at radius 3 is 2.33 bits per heavy atom. The lowest BCUT2D eigenvalue weighted by molar-refractivity contribution is 0.0962. The normalized spacial score (nSPS) is 15.2. The zero-order valence-corrected chi connectivity index (χ0v) is 23.2. The van der Waals surface area contributed by atoms with Gasteiger partial charge in [0.05, 0.1) is 24.1 Å². The van der Waals surface area contributed by atoms with E-state index >= 15 is 0 Å². The molecule has 0 spiro atoms. The molecule has 5 rings (SSSR count). The van der Waals surface area contributed by atoms with E-state index in [-0.39, 0.29) is 22.9 Å². The number of carbonyl (C=O) groups is 3. The molecule has 1 aromatic heterocycles. The van der Waals surface area contributed by atoms with Crippen molar-refractivity contribution in [3.05, 3.63) is 81.2 Å². The van der Waals surface area contributed by atoms with Gasteiger partial charge in [-0.15, -0.1) is 11.3 Å². The highest BCUT2D eigenvalue weighted by Crippen LogP contribution is 2.37. The Morgan fingerprint density at radius 2 is 1.64 bits per heavy atom. The van der Waals surface area contributed by atoms with Crippen molar-refractivity contribution in [2.45, 2.75) is 30.8 Å². The molecule has 12 heteroatoms. The van der Waals surface area contributed by atoms with E-state index in [1.807, 2.05) is 24.3 Å². The number of anilines is 1. The molecule has 0 radical (unpaired) electrons. The van der Waals surface area contributed by atoms with Crippen LogP contribution in [0.1, 0.15) is 42.3 Å². The highest BCUT2D eigenvalue weighted by atomic mass is 32.2. The number of methoxy groups -OCH3 is 1. The number of hydrogen-bond donors (Lipinski definition) is 2. The zero-order chi connectivity index (χ0) is 27.7. The molecule has 2 aliphatic heterocycles. The van der Waals surface area contributed by atoms with Crippen molar-refractivity contribution >= 4 is 44.3 Å². The number of nitrogens with one attached hydrogen (secondary N) is 2. The number of sulfonamides is 1. The van der Waals surface area contributed by atoms with Crippen molar-refractivity contribution in [2.75, 3.05) is 32.6 Å². The number of thiophene rings is 1. The lowest BCUT2D eigenvalue weighted by atomic mass is 10.0. The van der Waals surface area contributed by atoms with Crippen LogP contribution in [0.4, 0.5) is 9.80 Å². The molecule has 0 bridgehead atoms. The summed E-state index contributed by atoms with van der Waals surface area (Å²) in [5.74, 6) is -0.807. The van der Waals surface area contributed by atoms with E-state index in [0.717, 1.165) is 21.6 Å². The van der Waals surface area contributed by atoms with Crippen molar-refractivity contribution in [2.24, 2.45) is 0 Å². The van der Waals surface area contributed by atoms with Gasteiger partial charge in [0.2, 0.25) is 10.0 Å². The second-order valence-electron chi connectivity index (χ2n) is 9.26. The van der Waals surface area contributed by atoms with Gasteiger partial charge in [0.15, 0.2) is 0 Å². The molecule has 0 atom stereocenters. The molecule has 39 heavy (non-hydrogen) atoms. The second-order valence-corrected chi connectivity index (χ2v) is 12.3. The molecule has 3 amide bonds. The Labute approximate surface area is 230 Å². The third-order valence-corrected chi connectivity index (χ3v) is 10.0. The first-order valence-electron chi connectivity index (χ1n) is 12.4. The van der Waals surface area contributed by atoms with Crippen LogP contribution >= 0.6 is 11.3 Å². The third-order valence-electron chi connectivity index (χ3n) is 7.02. The van der Waals surface area contributed by atoms with Crippen LogP contribution in [0.25, 0.3) is 0 Å². The number of benzene rings is 2. The molecular weight excluding hydrogens is 540 g/mol. The minimum absolute atomic E-state index is 0.110. The van der Waals surface area contributed by atoms with Crippen LogP contribution < -0.4 is 10.6 Å². The Hall–Kier alpha value is -3.74. The van der Waals surface area contributed by atoms with Gasteiger partial charge < -0.3 is 20.3 Å². The Balaban J connectivity index is 1.34.